The molecule has 0 saturated carbocycles. The summed E-state index contributed by atoms with van der Waals surface area (Å²) in [6, 6.07) is 4.59. The molecule has 1 nitrogen and oxygen atoms in total. The average Bonchev–Trinajstić information content (AvgIpc) is 1.85. The molecule has 1 rings (SSSR count). The fourth-order valence-corrected chi connectivity index (χ4v) is 1.33. The predicted octanol–water partition coefficient (Wildman–Crippen LogP) is 3.06. The van der Waals surface area contributed by atoms with Crippen molar-refractivity contribution in [2.75, 3.05) is 0 Å². The van der Waals surface area contributed by atoms with E-state index >= 15 is 0 Å². The number of carbonyl (C=O) groups excluding carboxylic acids is 1. The summed E-state index contributed by atoms with van der Waals surface area (Å²) in [5.74, 6) is 0. The molecule has 0 fully saturated rings. The first-order valence-electron chi connectivity index (χ1n) is 2.79. The largest absolute Gasteiger partial charge is 0.282 e. The van der Waals surface area contributed by atoms with Gasteiger partial charge in [-0.05, 0) is 18.2 Å². The molecule has 0 bridgehead atoms. The first-order chi connectivity index (χ1) is 5.09. The van der Waals surface area contributed by atoms with Crippen molar-refractivity contribution >= 4 is 40.9 Å². The molecule has 0 heterocycles. The number of thiol groups is 1. The molecule has 0 radical (unpaired) electrons. The standard InChI is InChI=1S/C7H4Cl2OS/c8-5-1-4(7(10)11)2-6(9)3-5/h1-3H,(H,10,11). The van der Waals surface area contributed by atoms with Crippen LogP contribution in [0.1, 0.15) is 10.4 Å². The molecule has 0 aliphatic carbocycles. The minimum Gasteiger partial charge on any atom is -0.282 e. The summed E-state index contributed by atoms with van der Waals surface area (Å²) in [6.45, 7) is 0. The van der Waals surface area contributed by atoms with Crippen LogP contribution in [0, 0.1) is 0 Å². The van der Waals surface area contributed by atoms with E-state index in [0.717, 1.165) is 0 Å². The van der Waals surface area contributed by atoms with Gasteiger partial charge in [-0.2, -0.15) is 0 Å². The Morgan fingerprint density at radius 1 is 1.18 bits per heavy atom. The summed E-state index contributed by atoms with van der Waals surface area (Å²) in [5, 5.41) is 0.541. The number of hydrogen-bond acceptors (Lipinski definition) is 1. The van der Waals surface area contributed by atoms with E-state index < -0.39 is 0 Å². The van der Waals surface area contributed by atoms with Gasteiger partial charge in [0.2, 0.25) is 5.12 Å². The summed E-state index contributed by atoms with van der Waals surface area (Å²) < 4.78 is 0. The van der Waals surface area contributed by atoms with E-state index in [9.17, 15) is 4.79 Å². The molecule has 58 valence electrons. The number of rotatable bonds is 1. The zero-order valence-corrected chi connectivity index (χ0v) is 7.75. The van der Waals surface area contributed by atoms with Crippen LogP contribution in [-0.4, -0.2) is 5.12 Å². The highest BCUT2D eigenvalue weighted by atomic mass is 35.5. The van der Waals surface area contributed by atoms with Gasteiger partial charge in [0.15, 0.2) is 0 Å². The predicted molar refractivity (Wildman–Crippen MR) is 49.8 cm³/mol. The van der Waals surface area contributed by atoms with Gasteiger partial charge in [0.1, 0.15) is 0 Å². The van der Waals surface area contributed by atoms with Crippen LogP contribution in [-0.2, 0) is 0 Å². The van der Waals surface area contributed by atoms with E-state index in [1.165, 1.54) is 12.1 Å². The second-order valence-electron chi connectivity index (χ2n) is 1.96. The van der Waals surface area contributed by atoms with Crippen LogP contribution in [0.15, 0.2) is 18.2 Å². The Kier molecular flexibility index (Phi) is 2.82. The normalized spacial score (nSPS) is 9.73. The first-order valence-corrected chi connectivity index (χ1v) is 3.99. The van der Waals surface area contributed by atoms with Gasteiger partial charge in [-0.15, -0.1) is 12.6 Å². The zero-order chi connectivity index (χ0) is 8.43. The molecule has 0 spiro atoms. The molecular weight excluding hydrogens is 203 g/mol. The maximum Gasteiger partial charge on any atom is 0.216 e. The van der Waals surface area contributed by atoms with E-state index in [2.05, 4.69) is 12.6 Å². The lowest BCUT2D eigenvalue weighted by atomic mass is 10.2. The lowest BCUT2D eigenvalue weighted by Gasteiger charge is -1.96. The van der Waals surface area contributed by atoms with Crippen molar-refractivity contribution in [1.29, 1.82) is 0 Å². The second-order valence-corrected chi connectivity index (χ2v) is 3.24. The van der Waals surface area contributed by atoms with Crippen molar-refractivity contribution in [2.45, 2.75) is 0 Å². The van der Waals surface area contributed by atoms with Crippen LogP contribution in [0.4, 0.5) is 0 Å². The number of benzene rings is 1. The second kappa shape index (κ2) is 3.48. The highest BCUT2D eigenvalue weighted by Crippen LogP contribution is 2.19. The SMILES string of the molecule is O=C(S)c1cc(Cl)cc(Cl)c1. The van der Waals surface area contributed by atoms with E-state index in [4.69, 9.17) is 23.2 Å². The third-order valence-electron chi connectivity index (χ3n) is 1.11. The van der Waals surface area contributed by atoms with Crippen LogP contribution >= 0.6 is 35.8 Å². The Morgan fingerprint density at radius 3 is 2.00 bits per heavy atom. The van der Waals surface area contributed by atoms with E-state index in [1.807, 2.05) is 0 Å². The third-order valence-corrected chi connectivity index (χ3v) is 1.80. The molecule has 0 atom stereocenters. The van der Waals surface area contributed by atoms with Gasteiger partial charge in [0.25, 0.3) is 0 Å². The quantitative estimate of drug-likeness (QED) is 0.700. The summed E-state index contributed by atoms with van der Waals surface area (Å²) in [4.78, 5) is 10.7. The Balaban J connectivity index is 3.19. The van der Waals surface area contributed by atoms with Gasteiger partial charge in [0.05, 0.1) is 0 Å². The maximum absolute atomic E-state index is 10.7. The molecule has 1 aromatic rings. The van der Waals surface area contributed by atoms with Gasteiger partial charge in [0, 0.05) is 15.6 Å². The average molecular weight is 207 g/mol. The molecule has 4 heteroatoms. The first kappa shape index (κ1) is 8.91. The van der Waals surface area contributed by atoms with Crippen molar-refractivity contribution in [3.05, 3.63) is 33.8 Å². The molecule has 0 aromatic heterocycles. The summed E-state index contributed by atoms with van der Waals surface area (Å²) >= 11 is 14.9. The molecule has 0 saturated heterocycles. The van der Waals surface area contributed by atoms with Crippen molar-refractivity contribution in [3.63, 3.8) is 0 Å². The Hall–Kier alpha value is -0.180. The smallest absolute Gasteiger partial charge is 0.216 e. The Bertz CT molecular complexity index is 278. The Morgan fingerprint density at radius 2 is 1.64 bits per heavy atom. The van der Waals surface area contributed by atoms with E-state index in [-0.39, 0.29) is 5.12 Å². The van der Waals surface area contributed by atoms with Gasteiger partial charge < -0.3 is 0 Å². The highest BCUT2D eigenvalue weighted by Gasteiger charge is 2.02. The van der Waals surface area contributed by atoms with Crippen molar-refractivity contribution in [3.8, 4) is 0 Å². The number of hydrogen-bond donors (Lipinski definition) is 1. The molecule has 0 amide bonds. The topological polar surface area (TPSA) is 17.1 Å². The lowest BCUT2D eigenvalue weighted by Crippen LogP contribution is -1.87. The molecule has 0 aliphatic heterocycles. The summed E-state index contributed by atoms with van der Waals surface area (Å²) in [7, 11) is 0. The van der Waals surface area contributed by atoms with Crippen molar-refractivity contribution < 1.29 is 4.79 Å². The van der Waals surface area contributed by atoms with E-state index in [0.29, 0.717) is 15.6 Å². The fourth-order valence-electron chi connectivity index (χ4n) is 0.677. The van der Waals surface area contributed by atoms with Gasteiger partial charge >= 0.3 is 0 Å². The van der Waals surface area contributed by atoms with Crippen molar-refractivity contribution in [2.24, 2.45) is 0 Å². The minimum atomic E-state index is -0.339. The van der Waals surface area contributed by atoms with Crippen molar-refractivity contribution in [1.82, 2.24) is 0 Å². The summed E-state index contributed by atoms with van der Waals surface area (Å²) in [5.41, 5.74) is 0.408. The van der Waals surface area contributed by atoms with Crippen LogP contribution in [0.2, 0.25) is 10.0 Å². The lowest BCUT2D eigenvalue weighted by molar-refractivity contribution is 0.109. The molecule has 11 heavy (non-hydrogen) atoms. The van der Waals surface area contributed by atoms with Gasteiger partial charge in [-0.25, -0.2) is 0 Å². The van der Waals surface area contributed by atoms with Crippen LogP contribution in [0.5, 0.6) is 0 Å². The number of halogens is 2. The summed E-state index contributed by atoms with van der Waals surface area (Å²) in [6.07, 6.45) is 0. The van der Waals surface area contributed by atoms with Gasteiger partial charge in [-0.1, -0.05) is 23.2 Å². The van der Waals surface area contributed by atoms with Gasteiger partial charge in [-0.3, -0.25) is 4.79 Å². The zero-order valence-electron chi connectivity index (χ0n) is 5.34. The molecule has 1 aromatic carbocycles. The molecular formula is C7H4Cl2OS. The fraction of sp³-hybridized carbons (Fsp3) is 0. The molecule has 0 N–H and O–H groups in total. The van der Waals surface area contributed by atoms with Crippen LogP contribution in [0.3, 0.4) is 0 Å². The highest BCUT2D eigenvalue weighted by molar-refractivity contribution is 7.97. The molecule has 0 aliphatic rings. The van der Waals surface area contributed by atoms with E-state index in [1.54, 1.807) is 6.07 Å². The Labute approximate surface area is 79.7 Å². The molecule has 0 unspecified atom stereocenters. The minimum absolute atomic E-state index is 0.339. The number of carbonyl (C=O) groups is 1. The van der Waals surface area contributed by atoms with Crippen LogP contribution < -0.4 is 0 Å². The third kappa shape index (κ3) is 2.40. The van der Waals surface area contributed by atoms with Crippen LogP contribution in [0.25, 0.3) is 0 Å². The maximum atomic E-state index is 10.7. The monoisotopic (exact) mass is 206 g/mol.